The van der Waals surface area contributed by atoms with Crippen LogP contribution in [-0.2, 0) is 38.7 Å². The molecule has 2 heterocycles. The Morgan fingerprint density at radius 2 is 1.69 bits per heavy atom. The van der Waals surface area contributed by atoms with Crippen molar-refractivity contribution in [3.63, 3.8) is 0 Å². The molecule has 0 amide bonds. The number of alkyl halides is 3. The normalized spacial score (nSPS) is 16.5. The van der Waals surface area contributed by atoms with Crippen LogP contribution in [0.4, 0.5) is 13.2 Å². The first kappa shape index (κ1) is 25.4. The number of nitrogens with zero attached hydrogens (tertiary/aromatic N) is 1. The average Bonchev–Trinajstić information content (AvgIpc) is 3.27. The number of fused-ring (bicyclic) bond motifs is 1. The molecule has 0 radical (unpaired) electrons. The predicted octanol–water partition coefficient (Wildman–Crippen LogP) is 4.96. The largest absolute Gasteiger partial charge is 0.456 e. The molecule has 0 N–H and O–H groups in total. The van der Waals surface area contributed by atoms with E-state index in [1.54, 1.807) is 24.3 Å². The fourth-order valence-electron chi connectivity index (χ4n) is 3.77. The number of hydrogen-bond acceptors (Lipinski definition) is 6. The van der Waals surface area contributed by atoms with Crippen LogP contribution in [0.2, 0.25) is 4.34 Å². The molecule has 0 bridgehead atoms. The molecule has 1 aromatic heterocycles. The summed E-state index contributed by atoms with van der Waals surface area (Å²) in [5.74, 6) is -1.58. The van der Waals surface area contributed by atoms with Gasteiger partial charge in [0.2, 0.25) is 15.8 Å². The number of carbonyl (C=O) groups is 2. The van der Waals surface area contributed by atoms with E-state index in [4.69, 9.17) is 16.3 Å². The maximum atomic E-state index is 13.6. The van der Waals surface area contributed by atoms with E-state index in [2.05, 4.69) is 0 Å². The third kappa shape index (κ3) is 5.27. The second kappa shape index (κ2) is 9.73. The first-order chi connectivity index (χ1) is 16.5. The smallest absolute Gasteiger partial charge is 0.417 e. The van der Waals surface area contributed by atoms with E-state index in [1.165, 1.54) is 18.2 Å². The molecule has 1 aliphatic heterocycles. The van der Waals surface area contributed by atoms with E-state index < -0.39 is 51.1 Å². The zero-order valence-electron chi connectivity index (χ0n) is 17.8. The lowest BCUT2D eigenvalue weighted by molar-refractivity contribution is -0.147. The van der Waals surface area contributed by atoms with Gasteiger partial charge in [0.15, 0.2) is 6.61 Å². The highest BCUT2D eigenvalue weighted by Crippen LogP contribution is 2.37. The van der Waals surface area contributed by atoms with Crippen LogP contribution >= 0.6 is 22.9 Å². The number of Topliss-reactive ketones (excluding diaryl/α,β-unsaturated/α-hetero) is 1. The molecule has 0 aliphatic carbocycles. The fraction of sp³-hybridized carbons (Fsp3) is 0.217. The van der Waals surface area contributed by atoms with Crippen molar-refractivity contribution in [1.82, 2.24) is 4.31 Å². The summed E-state index contributed by atoms with van der Waals surface area (Å²) in [4.78, 5) is 24.6. The highest BCUT2D eigenvalue weighted by atomic mass is 35.5. The van der Waals surface area contributed by atoms with Crippen molar-refractivity contribution in [2.45, 2.75) is 30.1 Å². The molecule has 0 saturated carbocycles. The zero-order chi connectivity index (χ0) is 25.4. The third-order valence-electron chi connectivity index (χ3n) is 5.45. The average molecular weight is 544 g/mol. The topological polar surface area (TPSA) is 80.8 Å². The van der Waals surface area contributed by atoms with Gasteiger partial charge in [-0.1, -0.05) is 48.0 Å². The SMILES string of the molecule is O=C(COC(=O)C1Cc2ccccc2CN1S(=O)(=O)c1ccccc1C(F)(F)F)c1ccc(Cl)s1. The van der Waals surface area contributed by atoms with Crippen molar-refractivity contribution in [1.29, 1.82) is 0 Å². The molecule has 1 atom stereocenters. The molecule has 3 aromatic rings. The molecule has 4 rings (SSSR count). The van der Waals surface area contributed by atoms with Crippen LogP contribution in [0, 0.1) is 0 Å². The van der Waals surface area contributed by atoms with Crippen LogP contribution in [0.25, 0.3) is 0 Å². The highest BCUT2D eigenvalue weighted by molar-refractivity contribution is 7.89. The summed E-state index contributed by atoms with van der Waals surface area (Å²) < 4.78 is 73.9. The zero-order valence-corrected chi connectivity index (χ0v) is 20.2. The van der Waals surface area contributed by atoms with Crippen LogP contribution < -0.4 is 0 Å². The number of ketones is 1. The number of sulfonamides is 1. The number of benzene rings is 2. The summed E-state index contributed by atoms with van der Waals surface area (Å²) in [5.41, 5.74) is -0.133. The van der Waals surface area contributed by atoms with Gasteiger partial charge in [-0.25, -0.2) is 8.42 Å². The van der Waals surface area contributed by atoms with Crippen molar-refractivity contribution in [3.8, 4) is 0 Å². The maximum Gasteiger partial charge on any atom is 0.417 e. The Bertz CT molecular complexity index is 1390. The van der Waals surface area contributed by atoms with E-state index in [-0.39, 0.29) is 17.8 Å². The van der Waals surface area contributed by atoms with Crippen molar-refractivity contribution in [2.24, 2.45) is 0 Å². The molecule has 0 fully saturated rings. The number of carbonyl (C=O) groups excluding carboxylic acids is 2. The Kier molecular flexibility index (Phi) is 7.05. The third-order valence-corrected chi connectivity index (χ3v) is 8.64. The van der Waals surface area contributed by atoms with Gasteiger partial charge < -0.3 is 4.74 Å². The second-order valence-corrected chi connectivity index (χ2v) is 11.2. The Labute approximate surface area is 207 Å². The number of ether oxygens (including phenoxy) is 1. The van der Waals surface area contributed by atoms with Crippen LogP contribution in [-0.4, -0.2) is 37.1 Å². The summed E-state index contributed by atoms with van der Waals surface area (Å²) in [6, 6.07) is 12.0. The number of hydrogen-bond donors (Lipinski definition) is 0. The number of thiophene rings is 1. The fourth-order valence-corrected chi connectivity index (χ4v) is 6.51. The molecule has 1 aliphatic rings. The summed E-state index contributed by atoms with van der Waals surface area (Å²) in [6.45, 7) is -1.00. The summed E-state index contributed by atoms with van der Waals surface area (Å²) in [5, 5.41) is 0. The molecule has 0 spiro atoms. The number of halogens is 4. The van der Waals surface area contributed by atoms with Crippen LogP contribution in [0.1, 0.15) is 26.4 Å². The molecule has 6 nitrogen and oxygen atoms in total. The quantitative estimate of drug-likeness (QED) is 0.324. The molecule has 184 valence electrons. The molecule has 35 heavy (non-hydrogen) atoms. The molecule has 2 aromatic carbocycles. The van der Waals surface area contributed by atoms with Crippen molar-refractivity contribution >= 4 is 44.7 Å². The minimum absolute atomic E-state index is 0.124. The lowest BCUT2D eigenvalue weighted by Crippen LogP contribution is -2.49. The monoisotopic (exact) mass is 543 g/mol. The first-order valence-corrected chi connectivity index (χ1v) is 12.8. The highest BCUT2D eigenvalue weighted by Gasteiger charge is 2.44. The van der Waals surface area contributed by atoms with Gasteiger partial charge >= 0.3 is 12.1 Å². The molecule has 0 saturated heterocycles. The van der Waals surface area contributed by atoms with Crippen molar-refractivity contribution < 1.29 is 35.9 Å². The van der Waals surface area contributed by atoms with Crippen LogP contribution in [0.3, 0.4) is 0 Å². The molecule has 1 unspecified atom stereocenters. The lowest BCUT2D eigenvalue weighted by atomic mass is 9.96. The molecule has 12 heteroatoms. The molecular weight excluding hydrogens is 527 g/mol. The van der Waals surface area contributed by atoms with E-state index in [0.29, 0.717) is 25.8 Å². The lowest BCUT2D eigenvalue weighted by Gasteiger charge is -2.34. The molecular formula is C23H17ClF3NO5S2. The van der Waals surface area contributed by atoms with Gasteiger partial charge in [-0.2, -0.15) is 17.5 Å². The van der Waals surface area contributed by atoms with E-state index in [0.717, 1.165) is 23.5 Å². The van der Waals surface area contributed by atoms with Gasteiger partial charge in [0, 0.05) is 13.0 Å². The summed E-state index contributed by atoms with van der Waals surface area (Å²) in [7, 11) is -4.79. The Balaban J connectivity index is 1.67. The van der Waals surface area contributed by atoms with Crippen LogP contribution in [0.5, 0.6) is 0 Å². The summed E-state index contributed by atoms with van der Waals surface area (Å²) in [6.07, 6.45) is -5.05. The second-order valence-electron chi connectivity index (χ2n) is 7.67. The number of rotatable bonds is 6. The van der Waals surface area contributed by atoms with Crippen molar-refractivity contribution in [2.75, 3.05) is 6.61 Å². The van der Waals surface area contributed by atoms with Gasteiger partial charge in [0.05, 0.1) is 19.7 Å². The Hall–Kier alpha value is -2.73. The maximum absolute atomic E-state index is 13.6. The van der Waals surface area contributed by atoms with Gasteiger partial charge in [-0.15, -0.1) is 11.3 Å². The van der Waals surface area contributed by atoms with Gasteiger partial charge in [-0.05, 0) is 35.4 Å². The minimum atomic E-state index is -4.93. The number of esters is 1. The van der Waals surface area contributed by atoms with Gasteiger partial charge in [-0.3, -0.25) is 9.59 Å². The van der Waals surface area contributed by atoms with Gasteiger partial charge in [0.1, 0.15) is 6.04 Å². The minimum Gasteiger partial charge on any atom is -0.456 e. The Morgan fingerprint density at radius 3 is 2.34 bits per heavy atom. The van der Waals surface area contributed by atoms with Gasteiger partial charge in [0.25, 0.3) is 0 Å². The van der Waals surface area contributed by atoms with Crippen molar-refractivity contribution in [3.05, 3.63) is 86.6 Å². The predicted molar refractivity (Wildman–Crippen MR) is 123 cm³/mol. The van der Waals surface area contributed by atoms with Crippen LogP contribution in [0.15, 0.2) is 65.6 Å². The Morgan fingerprint density at radius 1 is 1.03 bits per heavy atom. The standard InChI is InChI=1S/C23H17ClF3NO5S2/c24-21-10-9-19(34-21)18(29)13-33-22(30)17-11-14-5-1-2-6-15(14)12-28(17)35(31,32)20-8-4-3-7-16(20)23(25,26)27/h1-10,17H,11-13H2. The van der Waals surface area contributed by atoms with E-state index >= 15 is 0 Å². The van der Waals surface area contributed by atoms with E-state index in [1.807, 2.05) is 0 Å². The first-order valence-electron chi connectivity index (χ1n) is 10.2. The summed E-state index contributed by atoms with van der Waals surface area (Å²) >= 11 is 6.81. The van der Waals surface area contributed by atoms with E-state index in [9.17, 15) is 31.2 Å².